The lowest BCUT2D eigenvalue weighted by Gasteiger charge is -2.19. The lowest BCUT2D eigenvalue weighted by molar-refractivity contribution is -0.385. The van der Waals surface area contributed by atoms with E-state index < -0.39 is 22.6 Å². The molecule has 2 aromatic rings. The molecule has 2 aromatic carbocycles. The molecular formula is C19H19N3O6. The summed E-state index contributed by atoms with van der Waals surface area (Å²) >= 11 is 0. The van der Waals surface area contributed by atoms with Crippen LogP contribution in [-0.4, -0.2) is 29.2 Å². The fourth-order valence-corrected chi connectivity index (χ4v) is 2.57. The van der Waals surface area contributed by atoms with Crippen molar-refractivity contribution in [1.82, 2.24) is 0 Å². The highest BCUT2D eigenvalue weighted by atomic mass is 16.6. The van der Waals surface area contributed by atoms with Crippen LogP contribution in [0.25, 0.3) is 0 Å². The third kappa shape index (κ3) is 4.67. The van der Waals surface area contributed by atoms with Crippen LogP contribution in [0.2, 0.25) is 0 Å². The molecule has 146 valence electrons. The molecule has 0 aliphatic rings. The molecule has 0 aromatic heterocycles. The molecule has 0 fully saturated rings. The van der Waals surface area contributed by atoms with Gasteiger partial charge in [0.2, 0.25) is 0 Å². The highest BCUT2D eigenvalue weighted by Crippen LogP contribution is 2.39. The minimum absolute atomic E-state index is 0.0752. The third-order valence-electron chi connectivity index (χ3n) is 3.77. The predicted octanol–water partition coefficient (Wildman–Crippen LogP) is 3.50. The first-order valence-corrected chi connectivity index (χ1v) is 8.48. The van der Waals surface area contributed by atoms with Crippen molar-refractivity contribution < 1.29 is 24.3 Å². The molecule has 1 unspecified atom stereocenters. The van der Waals surface area contributed by atoms with Crippen LogP contribution in [0.5, 0.6) is 11.5 Å². The molecule has 2 N–H and O–H groups in total. The number of nitro groups is 1. The van der Waals surface area contributed by atoms with Gasteiger partial charge in [-0.3, -0.25) is 10.1 Å². The summed E-state index contributed by atoms with van der Waals surface area (Å²) in [4.78, 5) is 22.8. The van der Waals surface area contributed by atoms with Crippen LogP contribution >= 0.6 is 0 Å². The molecule has 0 amide bonds. The Balaban J connectivity index is 2.54. The molecule has 28 heavy (non-hydrogen) atoms. The van der Waals surface area contributed by atoms with E-state index in [9.17, 15) is 20.0 Å². The molecule has 0 radical (unpaired) electrons. The van der Waals surface area contributed by atoms with Gasteiger partial charge in [0, 0.05) is 5.69 Å². The molecule has 9 heteroatoms. The topological polar surface area (TPSA) is 135 Å². The van der Waals surface area contributed by atoms with Crippen LogP contribution in [0.4, 0.5) is 11.4 Å². The van der Waals surface area contributed by atoms with Crippen LogP contribution in [0.1, 0.15) is 31.0 Å². The van der Waals surface area contributed by atoms with Crippen molar-refractivity contribution in [2.24, 2.45) is 0 Å². The second kappa shape index (κ2) is 9.23. The van der Waals surface area contributed by atoms with Gasteiger partial charge in [-0.1, -0.05) is 0 Å². The van der Waals surface area contributed by atoms with Crippen molar-refractivity contribution in [3.05, 3.63) is 57.6 Å². The van der Waals surface area contributed by atoms with Gasteiger partial charge < -0.3 is 19.9 Å². The zero-order valence-corrected chi connectivity index (χ0v) is 15.3. The Hall–Kier alpha value is -3.80. The van der Waals surface area contributed by atoms with E-state index >= 15 is 0 Å². The maximum atomic E-state index is 11.9. The minimum Gasteiger partial charge on any atom is -0.490 e. The van der Waals surface area contributed by atoms with E-state index in [1.807, 2.05) is 6.07 Å². The van der Waals surface area contributed by atoms with Gasteiger partial charge >= 0.3 is 5.97 Å². The number of aliphatic carboxylic acids is 1. The smallest absolute Gasteiger partial charge is 0.331 e. The van der Waals surface area contributed by atoms with Gasteiger partial charge in [0.1, 0.15) is 0 Å². The maximum Gasteiger partial charge on any atom is 0.331 e. The Morgan fingerprint density at radius 2 is 1.79 bits per heavy atom. The van der Waals surface area contributed by atoms with Crippen molar-refractivity contribution in [1.29, 1.82) is 5.26 Å². The Morgan fingerprint density at radius 1 is 1.21 bits per heavy atom. The number of hydrogen-bond donors (Lipinski definition) is 2. The first kappa shape index (κ1) is 20.5. The quantitative estimate of drug-likeness (QED) is 0.494. The number of nitriles is 1. The minimum atomic E-state index is -1.41. The Bertz CT molecular complexity index is 905. The number of nitro benzene ring substituents is 1. The van der Waals surface area contributed by atoms with Crippen LogP contribution in [-0.2, 0) is 4.79 Å². The molecule has 1 atom stereocenters. The van der Waals surface area contributed by atoms with E-state index in [-0.39, 0.29) is 30.3 Å². The van der Waals surface area contributed by atoms with Crippen molar-refractivity contribution in [2.45, 2.75) is 19.9 Å². The molecular weight excluding hydrogens is 366 g/mol. The number of carboxylic acids is 1. The summed E-state index contributed by atoms with van der Waals surface area (Å²) in [7, 11) is 0. The number of carboxylic acid groups (broad SMARTS) is 1. The Morgan fingerprint density at radius 3 is 2.25 bits per heavy atom. The highest BCUT2D eigenvalue weighted by Gasteiger charge is 2.30. The molecule has 0 spiro atoms. The van der Waals surface area contributed by atoms with Gasteiger partial charge in [0.05, 0.1) is 41.4 Å². The van der Waals surface area contributed by atoms with E-state index in [2.05, 4.69) is 5.32 Å². The fraction of sp³-hybridized carbons (Fsp3) is 0.263. The first-order chi connectivity index (χ1) is 13.4. The van der Waals surface area contributed by atoms with E-state index in [1.165, 1.54) is 36.4 Å². The van der Waals surface area contributed by atoms with Crippen LogP contribution < -0.4 is 14.8 Å². The summed E-state index contributed by atoms with van der Waals surface area (Å²) in [5.41, 5.74) is 0.324. The fourth-order valence-electron chi connectivity index (χ4n) is 2.57. The summed E-state index contributed by atoms with van der Waals surface area (Å²) in [6, 6.07) is 9.10. The summed E-state index contributed by atoms with van der Waals surface area (Å²) in [6.07, 6.45) is 0. The number of nitrogens with one attached hydrogen (secondary N) is 1. The molecule has 0 aliphatic heterocycles. The average Bonchev–Trinajstić information content (AvgIpc) is 2.67. The molecule has 2 rings (SSSR count). The van der Waals surface area contributed by atoms with Gasteiger partial charge in [-0.2, -0.15) is 5.26 Å². The zero-order valence-electron chi connectivity index (χ0n) is 15.3. The van der Waals surface area contributed by atoms with Gasteiger partial charge in [0.15, 0.2) is 17.5 Å². The Kier molecular flexibility index (Phi) is 6.76. The van der Waals surface area contributed by atoms with E-state index in [4.69, 9.17) is 14.7 Å². The molecule has 0 saturated carbocycles. The van der Waals surface area contributed by atoms with E-state index in [1.54, 1.807) is 13.8 Å². The molecule has 0 aliphatic carbocycles. The number of carbonyl (C=O) groups is 1. The normalized spacial score (nSPS) is 11.2. The largest absolute Gasteiger partial charge is 0.490 e. The molecule has 9 nitrogen and oxygen atoms in total. The maximum absolute atomic E-state index is 11.9. The second-order valence-corrected chi connectivity index (χ2v) is 5.59. The van der Waals surface area contributed by atoms with Gasteiger partial charge in [0.25, 0.3) is 5.69 Å². The molecule has 0 bridgehead atoms. The van der Waals surface area contributed by atoms with Crippen molar-refractivity contribution in [3.63, 3.8) is 0 Å². The zero-order chi connectivity index (χ0) is 20.7. The number of anilines is 1. The molecule has 0 heterocycles. The molecule has 0 saturated heterocycles. The van der Waals surface area contributed by atoms with Crippen molar-refractivity contribution >= 4 is 17.3 Å². The summed E-state index contributed by atoms with van der Waals surface area (Å²) in [5, 5.41) is 32.9. The SMILES string of the molecule is CCOc1cc(C(Nc2ccc(C#N)cc2)C(=O)O)c([N+](=O)[O-])cc1OCC. The first-order valence-electron chi connectivity index (χ1n) is 8.48. The summed E-state index contributed by atoms with van der Waals surface area (Å²) < 4.78 is 10.9. The van der Waals surface area contributed by atoms with Crippen LogP contribution in [0, 0.1) is 21.4 Å². The Labute approximate surface area is 161 Å². The monoisotopic (exact) mass is 385 g/mol. The van der Waals surface area contributed by atoms with Gasteiger partial charge in [-0.05, 0) is 44.2 Å². The van der Waals surface area contributed by atoms with Gasteiger partial charge in [-0.25, -0.2) is 4.79 Å². The second-order valence-electron chi connectivity index (χ2n) is 5.59. The average molecular weight is 385 g/mol. The third-order valence-corrected chi connectivity index (χ3v) is 3.77. The lowest BCUT2D eigenvalue weighted by Crippen LogP contribution is -2.22. The number of hydrogen-bond acceptors (Lipinski definition) is 7. The van der Waals surface area contributed by atoms with Crippen molar-refractivity contribution in [3.8, 4) is 17.6 Å². The van der Waals surface area contributed by atoms with E-state index in [0.29, 0.717) is 11.3 Å². The van der Waals surface area contributed by atoms with E-state index in [0.717, 1.165) is 0 Å². The van der Waals surface area contributed by atoms with Gasteiger partial charge in [-0.15, -0.1) is 0 Å². The van der Waals surface area contributed by atoms with Crippen LogP contribution in [0.15, 0.2) is 36.4 Å². The summed E-state index contributed by atoms with van der Waals surface area (Å²) in [5.74, 6) is -0.917. The number of nitrogens with zero attached hydrogens (tertiary/aromatic N) is 2. The summed E-state index contributed by atoms with van der Waals surface area (Å²) in [6.45, 7) is 4.00. The predicted molar refractivity (Wildman–Crippen MR) is 101 cm³/mol. The van der Waals surface area contributed by atoms with Crippen LogP contribution in [0.3, 0.4) is 0 Å². The highest BCUT2D eigenvalue weighted by molar-refractivity contribution is 5.81. The van der Waals surface area contributed by atoms with Crippen molar-refractivity contribution in [2.75, 3.05) is 18.5 Å². The lowest BCUT2D eigenvalue weighted by atomic mass is 10.0. The number of ether oxygens (including phenoxy) is 2. The number of benzene rings is 2. The standard InChI is InChI=1S/C19H19N3O6/c1-3-27-16-9-14(15(22(25)26)10-17(16)28-4-2)18(19(23)24)21-13-7-5-12(11-20)6-8-13/h5-10,18,21H,3-4H2,1-2H3,(H,23,24). The number of rotatable bonds is 9.